The van der Waals surface area contributed by atoms with Gasteiger partial charge in [0.2, 0.25) is 5.91 Å². The molecule has 1 heterocycles. The lowest BCUT2D eigenvalue weighted by atomic mass is 9.98. The molecule has 0 saturated carbocycles. The number of amides is 1. The van der Waals surface area contributed by atoms with Gasteiger partial charge in [-0.25, -0.2) is 0 Å². The summed E-state index contributed by atoms with van der Waals surface area (Å²) in [5.41, 5.74) is 9.15. The minimum absolute atomic E-state index is 0.170. The lowest BCUT2D eigenvalue weighted by Crippen LogP contribution is -2.41. The van der Waals surface area contributed by atoms with Crippen molar-refractivity contribution in [1.82, 2.24) is 9.80 Å². The second kappa shape index (κ2) is 4.75. The number of nitrogen functional groups attached to an aromatic ring is 1. The average Bonchev–Trinajstić information content (AvgIpc) is 2.28. The second-order valence-electron chi connectivity index (χ2n) is 4.79. The van der Waals surface area contributed by atoms with Crippen LogP contribution in [0.1, 0.15) is 11.1 Å². The van der Waals surface area contributed by atoms with E-state index in [1.165, 1.54) is 5.56 Å². The van der Waals surface area contributed by atoms with Gasteiger partial charge >= 0.3 is 0 Å². The number of rotatable bonds is 2. The van der Waals surface area contributed by atoms with Crippen molar-refractivity contribution in [2.45, 2.75) is 13.0 Å². The van der Waals surface area contributed by atoms with Crippen molar-refractivity contribution in [3.05, 3.63) is 29.3 Å². The van der Waals surface area contributed by atoms with Crippen molar-refractivity contribution < 1.29 is 4.79 Å². The largest absolute Gasteiger partial charge is 0.398 e. The number of carbonyl (C=O) groups excluding carboxylic acids is 1. The maximum absolute atomic E-state index is 12.0. The van der Waals surface area contributed by atoms with Crippen LogP contribution in [0, 0.1) is 0 Å². The summed E-state index contributed by atoms with van der Waals surface area (Å²) in [6, 6.07) is 5.98. The molecule has 0 fully saturated rings. The molecule has 0 spiro atoms. The number of benzene rings is 1. The molecule has 0 aliphatic carbocycles. The van der Waals surface area contributed by atoms with Gasteiger partial charge in [-0.1, -0.05) is 12.1 Å². The predicted octanol–water partition coefficient (Wildman–Crippen LogP) is 0.715. The zero-order valence-corrected chi connectivity index (χ0v) is 10.4. The second-order valence-corrected chi connectivity index (χ2v) is 4.79. The summed E-state index contributed by atoms with van der Waals surface area (Å²) >= 11 is 0. The molecule has 0 aromatic heterocycles. The molecule has 0 unspecified atom stereocenters. The van der Waals surface area contributed by atoms with E-state index in [1.807, 2.05) is 36.0 Å². The van der Waals surface area contributed by atoms with Crippen molar-refractivity contribution in [3.63, 3.8) is 0 Å². The fourth-order valence-corrected chi connectivity index (χ4v) is 2.19. The maximum Gasteiger partial charge on any atom is 0.237 e. The molecule has 0 saturated heterocycles. The molecule has 2 N–H and O–H groups in total. The quantitative estimate of drug-likeness (QED) is 0.766. The van der Waals surface area contributed by atoms with Crippen molar-refractivity contribution in [3.8, 4) is 0 Å². The highest BCUT2D eigenvalue weighted by molar-refractivity contribution is 5.78. The number of nitrogens with two attached hydrogens (primary N) is 1. The molecule has 4 nitrogen and oxygen atoms in total. The Balaban J connectivity index is 2.13. The van der Waals surface area contributed by atoms with Crippen LogP contribution in [0.2, 0.25) is 0 Å². The van der Waals surface area contributed by atoms with E-state index in [0.717, 1.165) is 24.2 Å². The number of carbonyl (C=O) groups is 1. The Morgan fingerprint density at radius 1 is 1.47 bits per heavy atom. The average molecular weight is 233 g/mol. The number of hydrogen-bond acceptors (Lipinski definition) is 3. The van der Waals surface area contributed by atoms with E-state index >= 15 is 0 Å². The first-order valence-electron chi connectivity index (χ1n) is 5.86. The molecule has 1 aromatic carbocycles. The van der Waals surface area contributed by atoms with Gasteiger partial charge < -0.3 is 15.5 Å². The molecule has 1 aliphatic heterocycles. The minimum atomic E-state index is 0.170. The SMILES string of the molecule is CN(C)CC(=O)N1CCc2cccc(N)c2C1. The van der Waals surface area contributed by atoms with Crippen LogP contribution in [0.25, 0.3) is 0 Å². The molecule has 0 bridgehead atoms. The Morgan fingerprint density at radius 2 is 2.24 bits per heavy atom. The van der Waals surface area contributed by atoms with E-state index in [9.17, 15) is 4.79 Å². The van der Waals surface area contributed by atoms with E-state index in [0.29, 0.717) is 13.1 Å². The van der Waals surface area contributed by atoms with Gasteiger partial charge in [0.25, 0.3) is 0 Å². The molecule has 4 heteroatoms. The number of anilines is 1. The lowest BCUT2D eigenvalue weighted by molar-refractivity contribution is -0.132. The van der Waals surface area contributed by atoms with Crippen LogP contribution in [-0.2, 0) is 17.8 Å². The van der Waals surface area contributed by atoms with Gasteiger partial charge in [-0.15, -0.1) is 0 Å². The zero-order chi connectivity index (χ0) is 12.4. The van der Waals surface area contributed by atoms with Crippen LogP contribution in [-0.4, -0.2) is 42.9 Å². The molecule has 1 amide bonds. The van der Waals surface area contributed by atoms with Crippen LogP contribution in [0.5, 0.6) is 0 Å². The first-order chi connectivity index (χ1) is 8.08. The molecular formula is C13H19N3O. The lowest BCUT2D eigenvalue weighted by Gasteiger charge is -2.30. The fraction of sp³-hybridized carbons (Fsp3) is 0.462. The van der Waals surface area contributed by atoms with Crippen molar-refractivity contribution in [2.24, 2.45) is 0 Å². The van der Waals surface area contributed by atoms with Gasteiger partial charge in [0.15, 0.2) is 0 Å². The molecule has 1 aromatic rings. The monoisotopic (exact) mass is 233 g/mol. The highest BCUT2D eigenvalue weighted by atomic mass is 16.2. The van der Waals surface area contributed by atoms with E-state index in [1.54, 1.807) is 0 Å². The standard InChI is InChI=1S/C13H19N3O/c1-15(2)9-13(17)16-7-6-10-4-3-5-12(14)11(10)8-16/h3-5H,6-9,14H2,1-2H3. The smallest absolute Gasteiger partial charge is 0.237 e. The van der Waals surface area contributed by atoms with Crippen LogP contribution in [0.15, 0.2) is 18.2 Å². The Hall–Kier alpha value is -1.55. The van der Waals surface area contributed by atoms with Gasteiger partial charge in [0.1, 0.15) is 0 Å². The topological polar surface area (TPSA) is 49.6 Å². The number of hydrogen-bond donors (Lipinski definition) is 1. The summed E-state index contributed by atoms with van der Waals surface area (Å²) in [6.07, 6.45) is 0.902. The van der Waals surface area contributed by atoms with Gasteiger partial charge in [0.05, 0.1) is 6.54 Å². The van der Waals surface area contributed by atoms with Crippen LogP contribution in [0.4, 0.5) is 5.69 Å². The van der Waals surface area contributed by atoms with E-state index in [4.69, 9.17) is 5.73 Å². The van der Waals surface area contributed by atoms with Gasteiger partial charge in [-0.2, -0.15) is 0 Å². The Labute approximate surface area is 102 Å². The molecule has 17 heavy (non-hydrogen) atoms. The van der Waals surface area contributed by atoms with Crippen molar-refractivity contribution in [1.29, 1.82) is 0 Å². The first-order valence-corrected chi connectivity index (χ1v) is 5.86. The third kappa shape index (κ3) is 2.58. The summed E-state index contributed by atoms with van der Waals surface area (Å²) in [7, 11) is 3.81. The number of likely N-dealkylation sites (N-methyl/N-ethyl adjacent to an activating group) is 1. The first kappa shape index (κ1) is 11.9. The highest BCUT2D eigenvalue weighted by Crippen LogP contribution is 2.24. The van der Waals surface area contributed by atoms with E-state index in [-0.39, 0.29) is 5.91 Å². The molecule has 92 valence electrons. The third-order valence-corrected chi connectivity index (χ3v) is 3.11. The fourth-order valence-electron chi connectivity index (χ4n) is 2.19. The summed E-state index contributed by atoms with van der Waals surface area (Å²) in [5.74, 6) is 0.170. The van der Waals surface area contributed by atoms with Gasteiger partial charge in [0, 0.05) is 18.8 Å². The maximum atomic E-state index is 12.0. The Morgan fingerprint density at radius 3 is 2.94 bits per heavy atom. The van der Waals surface area contributed by atoms with E-state index < -0.39 is 0 Å². The summed E-state index contributed by atoms with van der Waals surface area (Å²) in [4.78, 5) is 15.8. The van der Waals surface area contributed by atoms with Crippen LogP contribution in [0.3, 0.4) is 0 Å². The van der Waals surface area contributed by atoms with E-state index in [2.05, 4.69) is 6.07 Å². The van der Waals surface area contributed by atoms with Gasteiger partial charge in [-0.05, 0) is 37.7 Å². The normalized spacial score (nSPS) is 14.9. The molecule has 0 atom stereocenters. The van der Waals surface area contributed by atoms with Gasteiger partial charge in [-0.3, -0.25) is 4.79 Å². The Kier molecular flexibility index (Phi) is 3.33. The third-order valence-electron chi connectivity index (χ3n) is 3.11. The summed E-state index contributed by atoms with van der Waals surface area (Å²) in [5, 5.41) is 0. The van der Waals surface area contributed by atoms with Crippen molar-refractivity contribution in [2.75, 3.05) is 32.9 Å². The number of fused-ring (bicyclic) bond motifs is 1. The summed E-state index contributed by atoms with van der Waals surface area (Å²) in [6.45, 7) is 1.90. The predicted molar refractivity (Wildman–Crippen MR) is 68.5 cm³/mol. The van der Waals surface area contributed by atoms with Crippen LogP contribution < -0.4 is 5.73 Å². The van der Waals surface area contributed by atoms with Crippen LogP contribution >= 0.6 is 0 Å². The van der Waals surface area contributed by atoms with Crippen molar-refractivity contribution >= 4 is 11.6 Å². The molecule has 2 rings (SSSR count). The molecule has 0 radical (unpaired) electrons. The highest BCUT2D eigenvalue weighted by Gasteiger charge is 2.21. The zero-order valence-electron chi connectivity index (χ0n) is 10.4. The minimum Gasteiger partial charge on any atom is -0.398 e. The molecular weight excluding hydrogens is 214 g/mol. The number of nitrogens with zero attached hydrogens (tertiary/aromatic N) is 2. The summed E-state index contributed by atoms with van der Waals surface area (Å²) < 4.78 is 0. The Bertz CT molecular complexity index is 429. The molecule has 1 aliphatic rings.